The third-order valence-electron chi connectivity index (χ3n) is 3.18. The zero-order valence-corrected chi connectivity index (χ0v) is 13.1. The molecule has 2 heterocycles. The van der Waals surface area contributed by atoms with Gasteiger partial charge in [0, 0.05) is 26.2 Å². The second kappa shape index (κ2) is 6.70. The van der Waals surface area contributed by atoms with E-state index in [0.29, 0.717) is 11.5 Å². The lowest BCUT2D eigenvalue weighted by molar-refractivity contribution is 0.0398. The van der Waals surface area contributed by atoms with E-state index in [9.17, 15) is 8.42 Å². The third-order valence-corrected chi connectivity index (χ3v) is 5.93. The summed E-state index contributed by atoms with van der Waals surface area (Å²) in [4.78, 5) is 2.42. The number of aromatic nitrogens is 1. The highest BCUT2D eigenvalue weighted by Crippen LogP contribution is 2.31. The van der Waals surface area contributed by atoms with Gasteiger partial charge in [-0.25, -0.2) is 8.42 Å². The van der Waals surface area contributed by atoms with Gasteiger partial charge < -0.3 is 15.8 Å². The van der Waals surface area contributed by atoms with Gasteiger partial charge in [-0.15, -0.1) is 0 Å². The molecule has 0 bridgehead atoms. The molecular weight excluding hydrogens is 300 g/mol. The molecule has 114 valence electrons. The van der Waals surface area contributed by atoms with Crippen molar-refractivity contribution in [1.29, 1.82) is 0 Å². The van der Waals surface area contributed by atoms with E-state index < -0.39 is 9.84 Å². The summed E-state index contributed by atoms with van der Waals surface area (Å²) in [6.45, 7) is 6.43. The summed E-state index contributed by atoms with van der Waals surface area (Å²) in [5, 5.41) is 3.68. The second-order valence-electron chi connectivity index (χ2n) is 4.51. The molecule has 0 radical (unpaired) electrons. The Hall–Kier alpha value is -0.900. The second-order valence-corrected chi connectivity index (χ2v) is 7.50. The monoisotopic (exact) mass is 320 g/mol. The zero-order valence-electron chi connectivity index (χ0n) is 11.5. The summed E-state index contributed by atoms with van der Waals surface area (Å²) in [6.07, 6.45) is 0. The predicted molar refractivity (Wildman–Crippen MR) is 80.0 cm³/mol. The maximum atomic E-state index is 12.0. The first kappa shape index (κ1) is 15.5. The molecule has 9 heteroatoms. The SMILES string of the molecule is CCS(=O)(=O)c1c(N)nsc1NCCN1CCOCC1. The number of anilines is 2. The predicted octanol–water partition coefficient (Wildman–Crippen LogP) is 0.263. The summed E-state index contributed by atoms with van der Waals surface area (Å²) in [5.74, 6) is 0.110. The van der Waals surface area contributed by atoms with Crippen LogP contribution in [0.15, 0.2) is 4.90 Å². The average molecular weight is 320 g/mol. The Balaban J connectivity index is 1.96. The summed E-state index contributed by atoms with van der Waals surface area (Å²) in [6, 6.07) is 0. The van der Waals surface area contributed by atoms with Gasteiger partial charge in [-0.1, -0.05) is 6.92 Å². The molecule has 0 atom stereocenters. The van der Waals surface area contributed by atoms with Gasteiger partial charge in [-0.3, -0.25) is 4.90 Å². The molecular formula is C11H20N4O3S2. The Labute approximate surface area is 123 Å². The molecule has 0 spiro atoms. The van der Waals surface area contributed by atoms with Crippen LogP contribution in [0.4, 0.5) is 10.8 Å². The number of hydrogen-bond acceptors (Lipinski definition) is 8. The minimum atomic E-state index is -3.34. The molecule has 0 aliphatic carbocycles. The van der Waals surface area contributed by atoms with Crippen molar-refractivity contribution in [2.75, 3.05) is 56.2 Å². The Morgan fingerprint density at radius 3 is 2.80 bits per heavy atom. The van der Waals surface area contributed by atoms with Crippen LogP contribution in [0.5, 0.6) is 0 Å². The summed E-state index contributed by atoms with van der Waals surface area (Å²) >= 11 is 1.10. The number of nitrogens with two attached hydrogens (primary N) is 1. The van der Waals surface area contributed by atoms with Crippen molar-refractivity contribution in [3.63, 3.8) is 0 Å². The summed E-state index contributed by atoms with van der Waals surface area (Å²) < 4.78 is 33.2. The van der Waals surface area contributed by atoms with Crippen LogP contribution >= 0.6 is 11.5 Å². The first-order valence-corrected chi connectivity index (χ1v) is 8.99. The van der Waals surface area contributed by atoms with Crippen LogP contribution in [0.1, 0.15) is 6.92 Å². The number of sulfone groups is 1. The maximum absolute atomic E-state index is 12.0. The van der Waals surface area contributed by atoms with Crippen molar-refractivity contribution in [3.8, 4) is 0 Å². The third kappa shape index (κ3) is 3.60. The van der Waals surface area contributed by atoms with Crippen molar-refractivity contribution < 1.29 is 13.2 Å². The molecule has 1 aromatic heterocycles. The molecule has 1 aromatic rings. The van der Waals surface area contributed by atoms with Crippen LogP contribution in [-0.4, -0.2) is 62.8 Å². The Bertz CT molecular complexity index is 538. The smallest absolute Gasteiger partial charge is 0.184 e. The lowest BCUT2D eigenvalue weighted by atomic mass is 10.4. The number of ether oxygens (including phenoxy) is 1. The van der Waals surface area contributed by atoms with Gasteiger partial charge in [0.15, 0.2) is 15.7 Å². The molecule has 1 aliphatic rings. The number of morpholine rings is 1. The lowest BCUT2D eigenvalue weighted by Crippen LogP contribution is -2.39. The highest BCUT2D eigenvalue weighted by molar-refractivity contribution is 7.91. The van der Waals surface area contributed by atoms with E-state index in [2.05, 4.69) is 14.6 Å². The van der Waals surface area contributed by atoms with Gasteiger partial charge >= 0.3 is 0 Å². The van der Waals surface area contributed by atoms with E-state index in [4.69, 9.17) is 10.5 Å². The number of hydrogen-bond donors (Lipinski definition) is 2. The maximum Gasteiger partial charge on any atom is 0.184 e. The summed E-state index contributed by atoms with van der Waals surface area (Å²) in [5.41, 5.74) is 5.67. The van der Waals surface area contributed by atoms with E-state index >= 15 is 0 Å². The molecule has 0 saturated carbocycles. The highest BCUT2D eigenvalue weighted by Gasteiger charge is 2.23. The molecule has 0 unspecified atom stereocenters. The Morgan fingerprint density at radius 2 is 2.15 bits per heavy atom. The normalized spacial score (nSPS) is 17.2. The molecule has 2 rings (SSSR count). The summed E-state index contributed by atoms with van der Waals surface area (Å²) in [7, 11) is -3.34. The number of nitrogens with zero attached hydrogens (tertiary/aromatic N) is 2. The molecule has 7 nitrogen and oxygen atoms in total. The topological polar surface area (TPSA) is 97.5 Å². The number of nitrogens with one attached hydrogen (secondary N) is 1. The molecule has 1 saturated heterocycles. The fraction of sp³-hybridized carbons (Fsp3) is 0.727. The van der Waals surface area contributed by atoms with E-state index in [0.717, 1.165) is 44.4 Å². The number of rotatable bonds is 6. The van der Waals surface area contributed by atoms with Crippen LogP contribution in [0, 0.1) is 0 Å². The Morgan fingerprint density at radius 1 is 1.45 bits per heavy atom. The molecule has 0 aromatic carbocycles. The van der Waals surface area contributed by atoms with Crippen LogP contribution in [-0.2, 0) is 14.6 Å². The first-order valence-electron chi connectivity index (χ1n) is 6.56. The molecule has 0 amide bonds. The molecule has 20 heavy (non-hydrogen) atoms. The Kier molecular flexibility index (Phi) is 5.19. The minimum absolute atomic E-state index is 0.0216. The fourth-order valence-electron chi connectivity index (χ4n) is 2.00. The van der Waals surface area contributed by atoms with Crippen LogP contribution in [0.2, 0.25) is 0 Å². The molecule has 1 aliphatic heterocycles. The first-order chi connectivity index (χ1) is 9.54. The average Bonchev–Trinajstić information content (AvgIpc) is 2.82. The molecule has 3 N–H and O–H groups in total. The van der Waals surface area contributed by atoms with Gasteiger partial charge in [0.05, 0.1) is 19.0 Å². The van der Waals surface area contributed by atoms with Gasteiger partial charge in [-0.05, 0) is 11.5 Å². The fourth-order valence-corrected chi connectivity index (χ4v) is 4.20. The van der Waals surface area contributed by atoms with E-state index in [-0.39, 0.29) is 16.5 Å². The quantitative estimate of drug-likeness (QED) is 0.776. The van der Waals surface area contributed by atoms with Crippen LogP contribution in [0.3, 0.4) is 0 Å². The van der Waals surface area contributed by atoms with Gasteiger partial charge in [0.2, 0.25) is 0 Å². The largest absolute Gasteiger partial charge is 0.382 e. The lowest BCUT2D eigenvalue weighted by Gasteiger charge is -2.26. The van der Waals surface area contributed by atoms with E-state index in [1.165, 1.54) is 0 Å². The van der Waals surface area contributed by atoms with E-state index in [1.54, 1.807) is 6.92 Å². The minimum Gasteiger partial charge on any atom is -0.382 e. The zero-order chi connectivity index (χ0) is 14.6. The van der Waals surface area contributed by atoms with Crippen LogP contribution < -0.4 is 11.1 Å². The van der Waals surface area contributed by atoms with Crippen molar-refractivity contribution >= 4 is 32.2 Å². The van der Waals surface area contributed by atoms with Gasteiger partial charge in [0.1, 0.15) is 9.90 Å². The molecule has 1 fully saturated rings. The number of nitrogen functional groups attached to an aromatic ring is 1. The van der Waals surface area contributed by atoms with Crippen molar-refractivity contribution in [1.82, 2.24) is 9.27 Å². The van der Waals surface area contributed by atoms with Gasteiger partial charge in [-0.2, -0.15) is 4.37 Å². The van der Waals surface area contributed by atoms with Gasteiger partial charge in [0.25, 0.3) is 0 Å². The highest BCUT2D eigenvalue weighted by atomic mass is 32.2. The standard InChI is InChI=1S/C11H20N4O3S2/c1-2-20(16,17)9-10(12)14-19-11(9)13-3-4-15-5-7-18-8-6-15/h13H,2-8H2,1H3,(H2,12,14). The van der Waals surface area contributed by atoms with Crippen molar-refractivity contribution in [3.05, 3.63) is 0 Å². The van der Waals surface area contributed by atoms with Crippen molar-refractivity contribution in [2.45, 2.75) is 11.8 Å². The van der Waals surface area contributed by atoms with Crippen molar-refractivity contribution in [2.24, 2.45) is 0 Å². The van der Waals surface area contributed by atoms with E-state index in [1.807, 2.05) is 0 Å². The van der Waals surface area contributed by atoms with Crippen LogP contribution in [0.25, 0.3) is 0 Å².